The molecule has 0 aliphatic carbocycles. The van der Waals surface area contributed by atoms with Crippen molar-refractivity contribution in [3.63, 3.8) is 0 Å². The number of amides is 1. The molecule has 0 spiro atoms. The molecule has 120 valence electrons. The number of nitrogens with zero attached hydrogens (tertiary/aromatic N) is 1. The van der Waals surface area contributed by atoms with E-state index in [9.17, 15) is 4.79 Å². The molecule has 0 atom stereocenters. The molecule has 2 rings (SSSR count). The van der Waals surface area contributed by atoms with Crippen LogP contribution in [0.1, 0.15) is 27.3 Å². The molecule has 0 radical (unpaired) electrons. The summed E-state index contributed by atoms with van der Waals surface area (Å²) in [6, 6.07) is 10.3. The van der Waals surface area contributed by atoms with Gasteiger partial charge in [0, 0.05) is 30.2 Å². The Morgan fingerprint density at radius 2 is 1.86 bits per heavy atom. The predicted molar refractivity (Wildman–Crippen MR) is 93.5 cm³/mol. The summed E-state index contributed by atoms with van der Waals surface area (Å²) in [6.07, 6.45) is 0. The average Bonchev–Trinajstić information content (AvgIpc) is 2.74. The Morgan fingerprint density at radius 1 is 1.14 bits per heavy atom. The third-order valence-corrected chi connectivity index (χ3v) is 3.60. The Kier molecular flexibility index (Phi) is 6.65. The number of carbonyl (C=O) groups is 1. The van der Waals surface area contributed by atoms with Gasteiger partial charge in [0.2, 0.25) is 0 Å². The fourth-order valence-corrected chi connectivity index (χ4v) is 2.55. The van der Waals surface area contributed by atoms with Crippen molar-refractivity contribution in [1.82, 2.24) is 15.2 Å². The summed E-state index contributed by atoms with van der Waals surface area (Å²) < 4.78 is 2.12. The Morgan fingerprint density at radius 3 is 2.50 bits per heavy atom. The standard InChI is InChI=1S/C17H23N3O.ClH/c1-12-6-5-7-15(10-12)20-13(2)11-16(14(20)3)17(21)19-9-8-18-4;/h5-7,10-11,18H,8-9H2,1-4H3,(H,19,21);1H. The monoisotopic (exact) mass is 321 g/mol. The number of hydrogen-bond acceptors (Lipinski definition) is 2. The second kappa shape index (κ2) is 8.01. The van der Waals surface area contributed by atoms with Crippen molar-refractivity contribution in [2.45, 2.75) is 20.8 Å². The van der Waals surface area contributed by atoms with Crippen molar-refractivity contribution < 1.29 is 4.79 Å². The van der Waals surface area contributed by atoms with Crippen molar-refractivity contribution in [3.8, 4) is 5.69 Å². The number of benzene rings is 1. The van der Waals surface area contributed by atoms with E-state index in [1.807, 2.05) is 33.0 Å². The number of aryl methyl sites for hydroxylation is 2. The molecule has 0 fully saturated rings. The van der Waals surface area contributed by atoms with E-state index >= 15 is 0 Å². The van der Waals surface area contributed by atoms with E-state index in [1.54, 1.807) is 0 Å². The first-order chi connectivity index (χ1) is 10.0. The second-order valence-corrected chi connectivity index (χ2v) is 5.32. The molecule has 0 saturated carbocycles. The van der Waals surface area contributed by atoms with Crippen molar-refractivity contribution in [3.05, 3.63) is 52.8 Å². The lowest BCUT2D eigenvalue weighted by Crippen LogP contribution is -2.30. The van der Waals surface area contributed by atoms with Gasteiger partial charge in [-0.2, -0.15) is 0 Å². The molecule has 0 bridgehead atoms. The minimum Gasteiger partial charge on any atom is -0.351 e. The van der Waals surface area contributed by atoms with E-state index in [4.69, 9.17) is 0 Å². The normalized spacial score (nSPS) is 10.2. The zero-order valence-corrected chi connectivity index (χ0v) is 14.4. The van der Waals surface area contributed by atoms with Gasteiger partial charge in [-0.15, -0.1) is 12.4 Å². The maximum atomic E-state index is 12.3. The van der Waals surface area contributed by atoms with E-state index in [-0.39, 0.29) is 18.3 Å². The molecule has 0 aliphatic rings. The smallest absolute Gasteiger partial charge is 0.253 e. The summed E-state index contributed by atoms with van der Waals surface area (Å²) in [7, 11) is 1.87. The number of aromatic nitrogens is 1. The Hall–Kier alpha value is -1.78. The SMILES string of the molecule is CNCCNC(=O)c1cc(C)n(-c2cccc(C)c2)c1C.Cl. The first kappa shape index (κ1) is 18.3. The number of nitrogens with one attached hydrogen (secondary N) is 2. The van der Waals surface area contributed by atoms with Gasteiger partial charge in [-0.3, -0.25) is 4.79 Å². The van der Waals surface area contributed by atoms with Crippen LogP contribution in [0.3, 0.4) is 0 Å². The van der Waals surface area contributed by atoms with Crippen molar-refractivity contribution in [1.29, 1.82) is 0 Å². The average molecular weight is 322 g/mol. The highest BCUT2D eigenvalue weighted by molar-refractivity contribution is 5.95. The molecule has 4 nitrogen and oxygen atoms in total. The first-order valence-corrected chi connectivity index (χ1v) is 7.23. The van der Waals surface area contributed by atoms with Gasteiger partial charge in [0.05, 0.1) is 5.56 Å². The molecule has 1 amide bonds. The highest BCUT2D eigenvalue weighted by Gasteiger charge is 2.16. The van der Waals surface area contributed by atoms with E-state index < -0.39 is 0 Å². The number of halogens is 1. The highest BCUT2D eigenvalue weighted by Crippen LogP contribution is 2.21. The summed E-state index contributed by atoms with van der Waals surface area (Å²) in [5, 5.41) is 5.95. The largest absolute Gasteiger partial charge is 0.351 e. The third kappa shape index (κ3) is 3.90. The van der Waals surface area contributed by atoms with Crippen LogP contribution in [0.5, 0.6) is 0 Å². The minimum absolute atomic E-state index is 0. The van der Waals surface area contributed by atoms with Gasteiger partial charge >= 0.3 is 0 Å². The maximum Gasteiger partial charge on any atom is 0.253 e. The fourth-order valence-electron chi connectivity index (χ4n) is 2.55. The van der Waals surface area contributed by atoms with Crippen LogP contribution in [0.25, 0.3) is 5.69 Å². The molecular weight excluding hydrogens is 298 g/mol. The molecule has 0 unspecified atom stereocenters. The summed E-state index contributed by atoms with van der Waals surface area (Å²) >= 11 is 0. The summed E-state index contributed by atoms with van der Waals surface area (Å²) in [5.41, 5.74) is 5.08. The van der Waals surface area contributed by atoms with Crippen LogP contribution in [0.2, 0.25) is 0 Å². The van der Waals surface area contributed by atoms with Crippen LogP contribution in [0.4, 0.5) is 0 Å². The lowest BCUT2D eigenvalue weighted by molar-refractivity contribution is 0.0953. The van der Waals surface area contributed by atoms with E-state index in [2.05, 4.69) is 40.3 Å². The Labute approximate surface area is 138 Å². The van der Waals surface area contributed by atoms with E-state index in [0.717, 1.165) is 29.2 Å². The quantitative estimate of drug-likeness (QED) is 0.832. The number of hydrogen-bond donors (Lipinski definition) is 2. The van der Waals surface area contributed by atoms with Crippen LogP contribution >= 0.6 is 12.4 Å². The van der Waals surface area contributed by atoms with E-state index in [0.29, 0.717) is 6.54 Å². The van der Waals surface area contributed by atoms with Crippen LogP contribution in [-0.4, -0.2) is 30.6 Å². The molecule has 1 heterocycles. The van der Waals surface area contributed by atoms with Gasteiger partial charge in [-0.25, -0.2) is 0 Å². The highest BCUT2D eigenvalue weighted by atomic mass is 35.5. The summed E-state index contributed by atoms with van der Waals surface area (Å²) in [6.45, 7) is 7.48. The Balaban J connectivity index is 0.00000242. The lowest BCUT2D eigenvalue weighted by atomic mass is 10.2. The van der Waals surface area contributed by atoms with Crippen LogP contribution < -0.4 is 10.6 Å². The van der Waals surface area contributed by atoms with Gasteiger partial charge in [-0.1, -0.05) is 12.1 Å². The zero-order chi connectivity index (χ0) is 15.4. The second-order valence-electron chi connectivity index (χ2n) is 5.32. The van der Waals surface area contributed by atoms with Gasteiger partial charge in [-0.05, 0) is 51.6 Å². The predicted octanol–water partition coefficient (Wildman–Crippen LogP) is 2.77. The molecule has 2 N–H and O–H groups in total. The van der Waals surface area contributed by atoms with Crippen LogP contribution in [0, 0.1) is 20.8 Å². The van der Waals surface area contributed by atoms with Gasteiger partial charge in [0.1, 0.15) is 0 Å². The first-order valence-electron chi connectivity index (χ1n) is 7.23. The number of rotatable bonds is 5. The maximum absolute atomic E-state index is 12.3. The van der Waals surface area contributed by atoms with Crippen LogP contribution in [0.15, 0.2) is 30.3 Å². The zero-order valence-electron chi connectivity index (χ0n) is 13.6. The molecule has 5 heteroatoms. The van der Waals surface area contributed by atoms with Crippen molar-refractivity contribution in [2.24, 2.45) is 0 Å². The van der Waals surface area contributed by atoms with Crippen LogP contribution in [-0.2, 0) is 0 Å². The molecule has 22 heavy (non-hydrogen) atoms. The van der Waals surface area contributed by atoms with E-state index in [1.165, 1.54) is 5.56 Å². The molecule has 2 aromatic rings. The lowest BCUT2D eigenvalue weighted by Gasteiger charge is -2.11. The summed E-state index contributed by atoms with van der Waals surface area (Å²) in [5.74, 6) is -0.0164. The molecular formula is C17H24ClN3O. The molecule has 0 aliphatic heterocycles. The van der Waals surface area contributed by atoms with Gasteiger partial charge < -0.3 is 15.2 Å². The fraction of sp³-hybridized carbons (Fsp3) is 0.353. The molecule has 1 aromatic heterocycles. The Bertz CT molecular complexity index is 649. The number of carbonyl (C=O) groups excluding carboxylic acids is 1. The number of likely N-dealkylation sites (N-methyl/N-ethyl adjacent to an activating group) is 1. The minimum atomic E-state index is -0.0164. The molecule has 0 saturated heterocycles. The third-order valence-electron chi connectivity index (χ3n) is 3.60. The summed E-state index contributed by atoms with van der Waals surface area (Å²) in [4.78, 5) is 12.3. The van der Waals surface area contributed by atoms with Gasteiger partial charge in [0.15, 0.2) is 0 Å². The van der Waals surface area contributed by atoms with Crippen molar-refractivity contribution in [2.75, 3.05) is 20.1 Å². The van der Waals surface area contributed by atoms with Crippen molar-refractivity contribution >= 4 is 18.3 Å². The van der Waals surface area contributed by atoms with Gasteiger partial charge in [0.25, 0.3) is 5.91 Å². The molecule has 1 aromatic carbocycles. The topological polar surface area (TPSA) is 46.1 Å².